The van der Waals surface area contributed by atoms with Gasteiger partial charge < -0.3 is 10.1 Å². The van der Waals surface area contributed by atoms with Crippen LogP contribution in [0.3, 0.4) is 0 Å². The fraction of sp³-hybridized carbons (Fsp3) is 0.429. The summed E-state index contributed by atoms with van der Waals surface area (Å²) in [4.78, 5) is 11.7. The average molecular weight is 246 g/mol. The first kappa shape index (κ1) is 14.2. The highest BCUT2D eigenvalue weighted by molar-refractivity contribution is 5.92. The number of nitrogens with zero attached hydrogens (tertiary/aromatic N) is 1. The lowest BCUT2D eigenvalue weighted by molar-refractivity contribution is -0.116. The minimum absolute atomic E-state index is 0.0590. The maximum Gasteiger partial charge on any atom is 0.224 e. The van der Waals surface area contributed by atoms with E-state index in [1.54, 1.807) is 13.2 Å². The van der Waals surface area contributed by atoms with Gasteiger partial charge in [0.2, 0.25) is 5.91 Å². The number of methoxy groups -OCH3 is 1. The van der Waals surface area contributed by atoms with Crippen LogP contribution in [0.25, 0.3) is 0 Å². The molecule has 1 rings (SSSR count). The van der Waals surface area contributed by atoms with Gasteiger partial charge in [0.1, 0.15) is 6.07 Å². The molecule has 0 spiro atoms. The topological polar surface area (TPSA) is 62.1 Å². The predicted octanol–water partition coefficient (Wildman–Crippen LogP) is 2.62. The number of nitriles is 1. The van der Waals surface area contributed by atoms with E-state index in [4.69, 9.17) is 10.00 Å². The van der Waals surface area contributed by atoms with Gasteiger partial charge in [0.15, 0.2) is 0 Å². The first-order chi connectivity index (χ1) is 8.58. The maximum atomic E-state index is 11.7. The number of hydrogen-bond acceptors (Lipinski definition) is 3. The Balaban J connectivity index is 2.66. The molecule has 0 bridgehead atoms. The summed E-state index contributed by atoms with van der Waals surface area (Å²) in [7, 11) is 1.62. The number of ether oxygens (including phenoxy) is 1. The maximum absolute atomic E-state index is 11.7. The molecule has 4 nitrogen and oxygen atoms in total. The number of carbonyl (C=O) groups is 1. The van der Waals surface area contributed by atoms with Crippen LogP contribution in [0.2, 0.25) is 0 Å². The zero-order chi connectivity index (χ0) is 13.5. The van der Waals surface area contributed by atoms with Crippen molar-refractivity contribution in [3.8, 4) is 6.07 Å². The molecule has 1 N–H and O–H groups in total. The molecule has 0 aromatic heterocycles. The van der Waals surface area contributed by atoms with Crippen LogP contribution in [0.1, 0.15) is 30.9 Å². The molecule has 0 aliphatic rings. The molecule has 0 radical (unpaired) electrons. The van der Waals surface area contributed by atoms with Gasteiger partial charge >= 0.3 is 0 Å². The van der Waals surface area contributed by atoms with E-state index in [1.807, 2.05) is 26.0 Å². The average Bonchev–Trinajstić information content (AvgIpc) is 2.36. The Morgan fingerprint density at radius 3 is 2.89 bits per heavy atom. The van der Waals surface area contributed by atoms with Crippen LogP contribution in [0, 0.1) is 18.3 Å². The van der Waals surface area contributed by atoms with Crippen LogP contribution >= 0.6 is 0 Å². The van der Waals surface area contributed by atoms with Crippen LogP contribution in [0.4, 0.5) is 5.69 Å². The Morgan fingerprint density at radius 1 is 1.56 bits per heavy atom. The van der Waals surface area contributed by atoms with Crippen molar-refractivity contribution in [2.24, 2.45) is 0 Å². The largest absolute Gasteiger partial charge is 0.382 e. The quantitative estimate of drug-likeness (QED) is 0.868. The van der Waals surface area contributed by atoms with E-state index in [9.17, 15) is 4.79 Å². The first-order valence-corrected chi connectivity index (χ1v) is 5.90. The minimum atomic E-state index is -0.0963. The number of anilines is 1. The second-order valence-electron chi connectivity index (χ2n) is 4.24. The summed E-state index contributed by atoms with van der Waals surface area (Å²) in [5.74, 6) is -0.0963. The summed E-state index contributed by atoms with van der Waals surface area (Å²) in [5, 5.41) is 11.8. The van der Waals surface area contributed by atoms with Gasteiger partial charge in [0.25, 0.3) is 0 Å². The lowest BCUT2D eigenvalue weighted by atomic mass is 10.1. The second-order valence-corrected chi connectivity index (χ2v) is 4.24. The van der Waals surface area contributed by atoms with Gasteiger partial charge in [-0.05, 0) is 31.9 Å². The van der Waals surface area contributed by atoms with Crippen molar-refractivity contribution in [2.75, 3.05) is 12.4 Å². The minimum Gasteiger partial charge on any atom is -0.382 e. The van der Waals surface area contributed by atoms with E-state index >= 15 is 0 Å². The third-order valence-electron chi connectivity index (χ3n) is 2.84. The Bertz CT molecular complexity index is 463. The molecule has 4 heteroatoms. The number of carbonyl (C=O) groups excluding carboxylic acids is 1. The third-order valence-corrected chi connectivity index (χ3v) is 2.84. The van der Waals surface area contributed by atoms with Gasteiger partial charge in [-0.25, -0.2) is 0 Å². The Labute approximate surface area is 108 Å². The van der Waals surface area contributed by atoms with Crippen molar-refractivity contribution in [2.45, 2.75) is 32.8 Å². The van der Waals surface area contributed by atoms with Crippen molar-refractivity contribution in [1.29, 1.82) is 5.26 Å². The van der Waals surface area contributed by atoms with E-state index in [1.165, 1.54) is 0 Å². The van der Waals surface area contributed by atoms with E-state index in [0.29, 0.717) is 24.1 Å². The molecule has 0 aliphatic carbocycles. The van der Waals surface area contributed by atoms with Crippen LogP contribution in [0.15, 0.2) is 18.2 Å². The van der Waals surface area contributed by atoms with Crippen molar-refractivity contribution in [3.63, 3.8) is 0 Å². The molecule has 1 aromatic rings. The number of rotatable bonds is 5. The fourth-order valence-corrected chi connectivity index (χ4v) is 1.59. The van der Waals surface area contributed by atoms with E-state index in [-0.39, 0.29) is 12.0 Å². The summed E-state index contributed by atoms with van der Waals surface area (Å²) in [6.07, 6.45) is 1.10. The van der Waals surface area contributed by atoms with Crippen LogP contribution < -0.4 is 5.32 Å². The van der Waals surface area contributed by atoms with Gasteiger partial charge in [0.05, 0.1) is 17.4 Å². The van der Waals surface area contributed by atoms with Gasteiger partial charge in [-0.15, -0.1) is 0 Å². The molecule has 0 aliphatic heterocycles. The molecule has 18 heavy (non-hydrogen) atoms. The highest BCUT2D eigenvalue weighted by Crippen LogP contribution is 2.18. The zero-order valence-corrected chi connectivity index (χ0v) is 11.0. The number of aryl methyl sites for hydroxylation is 1. The molecule has 0 saturated carbocycles. The smallest absolute Gasteiger partial charge is 0.224 e. The van der Waals surface area contributed by atoms with Gasteiger partial charge in [-0.3, -0.25) is 4.79 Å². The van der Waals surface area contributed by atoms with E-state index in [2.05, 4.69) is 11.4 Å². The summed E-state index contributed by atoms with van der Waals surface area (Å²) in [6.45, 7) is 3.77. The molecule has 96 valence electrons. The molecule has 1 unspecified atom stereocenters. The molecular formula is C14H18N2O2. The third kappa shape index (κ3) is 3.86. The van der Waals surface area contributed by atoms with Crippen LogP contribution in [-0.2, 0) is 9.53 Å². The number of hydrogen-bond donors (Lipinski definition) is 1. The Morgan fingerprint density at radius 2 is 2.28 bits per heavy atom. The molecule has 1 atom stereocenters. The monoisotopic (exact) mass is 246 g/mol. The van der Waals surface area contributed by atoms with Gasteiger partial charge in [-0.1, -0.05) is 12.1 Å². The van der Waals surface area contributed by atoms with Crippen LogP contribution in [0.5, 0.6) is 0 Å². The molecule has 0 heterocycles. The van der Waals surface area contributed by atoms with Gasteiger partial charge in [0, 0.05) is 13.5 Å². The lowest BCUT2D eigenvalue weighted by Crippen LogP contribution is -2.16. The lowest BCUT2D eigenvalue weighted by Gasteiger charge is -2.11. The van der Waals surface area contributed by atoms with Crippen molar-refractivity contribution in [3.05, 3.63) is 29.3 Å². The highest BCUT2D eigenvalue weighted by atomic mass is 16.5. The summed E-state index contributed by atoms with van der Waals surface area (Å²) in [6, 6.07) is 7.52. The number of benzene rings is 1. The number of nitrogens with one attached hydrogen (secondary N) is 1. The fourth-order valence-electron chi connectivity index (χ4n) is 1.59. The molecule has 1 amide bonds. The SMILES string of the molecule is COC(C)CCC(=O)Nc1cccc(C)c1C#N. The predicted molar refractivity (Wildman–Crippen MR) is 70.2 cm³/mol. The normalized spacial score (nSPS) is 11.7. The molecule has 0 fully saturated rings. The summed E-state index contributed by atoms with van der Waals surface area (Å²) in [5.41, 5.74) is 1.96. The van der Waals surface area contributed by atoms with Crippen molar-refractivity contribution >= 4 is 11.6 Å². The summed E-state index contributed by atoms with van der Waals surface area (Å²) < 4.78 is 5.08. The number of amides is 1. The Hall–Kier alpha value is -1.86. The zero-order valence-electron chi connectivity index (χ0n) is 11.0. The van der Waals surface area contributed by atoms with Crippen LogP contribution in [-0.4, -0.2) is 19.1 Å². The van der Waals surface area contributed by atoms with E-state index < -0.39 is 0 Å². The van der Waals surface area contributed by atoms with E-state index in [0.717, 1.165) is 5.56 Å². The molecule has 0 saturated heterocycles. The molecular weight excluding hydrogens is 228 g/mol. The standard InChI is InChI=1S/C14H18N2O2/c1-10-5-4-6-13(12(10)9-15)16-14(17)8-7-11(2)18-3/h4-6,11H,7-8H2,1-3H3,(H,16,17). The first-order valence-electron chi connectivity index (χ1n) is 5.90. The summed E-state index contributed by atoms with van der Waals surface area (Å²) >= 11 is 0. The van der Waals surface area contributed by atoms with Crippen molar-refractivity contribution in [1.82, 2.24) is 0 Å². The molecule has 1 aromatic carbocycles. The second kappa shape index (κ2) is 6.77. The Kier molecular flexibility index (Phi) is 5.34. The van der Waals surface area contributed by atoms with Crippen molar-refractivity contribution < 1.29 is 9.53 Å². The van der Waals surface area contributed by atoms with Gasteiger partial charge in [-0.2, -0.15) is 5.26 Å². The highest BCUT2D eigenvalue weighted by Gasteiger charge is 2.10.